The predicted octanol–water partition coefficient (Wildman–Crippen LogP) is 4.89. The lowest BCUT2D eigenvalue weighted by molar-refractivity contribution is -0.131. The normalized spacial score (nSPS) is 19.3. The van der Waals surface area contributed by atoms with Crippen LogP contribution in [0.5, 0.6) is 11.5 Å². The van der Waals surface area contributed by atoms with Crippen molar-refractivity contribution in [3.63, 3.8) is 0 Å². The van der Waals surface area contributed by atoms with Crippen LogP contribution in [0.2, 0.25) is 0 Å². The lowest BCUT2D eigenvalue weighted by Gasteiger charge is -2.44. The molecule has 5 nitrogen and oxygen atoms in total. The summed E-state index contributed by atoms with van der Waals surface area (Å²) in [5.41, 5.74) is 2.53. The molecule has 0 amide bonds. The number of halogens is 1. The summed E-state index contributed by atoms with van der Waals surface area (Å²) in [5.74, 6) is 0.307. The average molecular weight is 428 g/mol. The van der Waals surface area contributed by atoms with Crippen molar-refractivity contribution >= 4 is 12.0 Å². The molecule has 1 aliphatic heterocycles. The number of fused-ring (bicyclic) bond motifs is 1. The van der Waals surface area contributed by atoms with Crippen LogP contribution in [-0.4, -0.2) is 48.5 Å². The number of benzene rings is 2. The number of hydrogen-bond acceptors (Lipinski definition) is 4. The summed E-state index contributed by atoms with van der Waals surface area (Å²) >= 11 is 0. The fourth-order valence-electron chi connectivity index (χ4n) is 4.32. The van der Waals surface area contributed by atoms with E-state index in [2.05, 4.69) is 17.9 Å². The van der Waals surface area contributed by atoms with Gasteiger partial charge in [-0.2, -0.15) is 0 Å². The van der Waals surface area contributed by atoms with Crippen LogP contribution in [-0.2, 0) is 11.2 Å². The highest BCUT2D eigenvalue weighted by Crippen LogP contribution is 2.47. The van der Waals surface area contributed by atoms with Gasteiger partial charge in [0.1, 0.15) is 5.67 Å². The number of carboxylic acid groups (broad SMARTS) is 1. The van der Waals surface area contributed by atoms with E-state index >= 15 is 0 Å². The van der Waals surface area contributed by atoms with Gasteiger partial charge >= 0.3 is 5.97 Å². The van der Waals surface area contributed by atoms with Crippen molar-refractivity contribution < 1.29 is 23.8 Å². The minimum absolute atomic E-state index is 0.122. The molecule has 6 heteroatoms. The molecule has 2 aromatic carbocycles. The molecular weight excluding hydrogens is 397 g/mol. The van der Waals surface area contributed by atoms with Gasteiger partial charge in [-0.05, 0) is 56.0 Å². The molecule has 0 spiro atoms. The summed E-state index contributed by atoms with van der Waals surface area (Å²) < 4.78 is 26.1. The predicted molar refractivity (Wildman–Crippen MR) is 120 cm³/mol. The number of hydrogen-bond donors (Lipinski definition) is 1. The third-order valence-corrected chi connectivity index (χ3v) is 5.59. The molecule has 0 aromatic heterocycles. The Kier molecular flexibility index (Phi) is 6.70. The Morgan fingerprint density at radius 3 is 2.42 bits per heavy atom. The van der Waals surface area contributed by atoms with Gasteiger partial charge in [-0.3, -0.25) is 4.90 Å². The Bertz CT molecular complexity index is 963. The largest absolute Gasteiger partial charge is 0.493 e. The van der Waals surface area contributed by atoms with E-state index in [1.807, 2.05) is 30.3 Å². The molecule has 0 radical (unpaired) electrons. The van der Waals surface area contributed by atoms with E-state index in [0.29, 0.717) is 11.5 Å². The van der Waals surface area contributed by atoms with Crippen molar-refractivity contribution in [2.24, 2.45) is 0 Å². The number of ether oxygens (including phenoxy) is 2. The van der Waals surface area contributed by atoms with Gasteiger partial charge < -0.3 is 14.6 Å². The first kappa shape index (κ1) is 22.8. The second-order valence-electron chi connectivity index (χ2n) is 8.56. The van der Waals surface area contributed by atoms with Crippen LogP contribution in [0, 0.1) is 0 Å². The average Bonchev–Trinajstić information content (AvgIpc) is 2.71. The minimum atomic E-state index is -1.37. The van der Waals surface area contributed by atoms with E-state index in [0.717, 1.165) is 34.8 Å². The number of carboxylic acids is 1. The van der Waals surface area contributed by atoms with Crippen LogP contribution in [0.25, 0.3) is 6.08 Å². The van der Waals surface area contributed by atoms with Crippen LogP contribution in [0.15, 0.2) is 42.5 Å². The topological polar surface area (TPSA) is 59.0 Å². The quantitative estimate of drug-likeness (QED) is 0.638. The van der Waals surface area contributed by atoms with Gasteiger partial charge in [-0.25, -0.2) is 9.18 Å². The third-order valence-electron chi connectivity index (χ3n) is 5.59. The molecule has 1 aliphatic rings. The SMILES string of the molecule is COc1ccc2c(c1OC)[C@H](c1ccc(/C=C/C(=O)O)cc1)N(CC(C)(C)F)[C@@H](C)C2. The maximum atomic E-state index is 14.8. The molecule has 0 saturated heterocycles. The van der Waals surface area contributed by atoms with Gasteiger partial charge in [0, 0.05) is 24.2 Å². The number of nitrogens with zero attached hydrogens (tertiary/aromatic N) is 1. The first-order valence-electron chi connectivity index (χ1n) is 10.3. The molecule has 2 atom stereocenters. The highest BCUT2D eigenvalue weighted by molar-refractivity contribution is 5.85. The second kappa shape index (κ2) is 9.10. The van der Waals surface area contributed by atoms with Crippen molar-refractivity contribution in [2.75, 3.05) is 20.8 Å². The molecular formula is C25H30FNO4. The third kappa shape index (κ3) is 5.07. The first-order valence-corrected chi connectivity index (χ1v) is 10.3. The maximum absolute atomic E-state index is 14.8. The summed E-state index contributed by atoms with van der Waals surface area (Å²) in [4.78, 5) is 13.0. The molecule has 0 saturated carbocycles. The molecule has 2 aromatic rings. The smallest absolute Gasteiger partial charge is 0.328 e. The van der Waals surface area contributed by atoms with Crippen LogP contribution >= 0.6 is 0 Å². The zero-order valence-electron chi connectivity index (χ0n) is 18.7. The van der Waals surface area contributed by atoms with E-state index in [9.17, 15) is 9.18 Å². The Morgan fingerprint density at radius 2 is 1.87 bits per heavy atom. The Balaban J connectivity index is 2.16. The van der Waals surface area contributed by atoms with Crippen LogP contribution in [0.1, 0.15) is 49.1 Å². The molecule has 1 heterocycles. The van der Waals surface area contributed by atoms with Crippen molar-refractivity contribution in [1.82, 2.24) is 4.90 Å². The molecule has 3 rings (SSSR count). The zero-order valence-corrected chi connectivity index (χ0v) is 18.7. The van der Waals surface area contributed by atoms with Gasteiger partial charge in [0.25, 0.3) is 0 Å². The summed E-state index contributed by atoms with van der Waals surface area (Å²) in [6.45, 7) is 5.56. The summed E-state index contributed by atoms with van der Waals surface area (Å²) in [7, 11) is 3.23. The van der Waals surface area contributed by atoms with Gasteiger partial charge in [0.15, 0.2) is 11.5 Å². The molecule has 0 bridgehead atoms. The fourth-order valence-corrected chi connectivity index (χ4v) is 4.32. The number of carbonyl (C=O) groups is 1. The van der Waals surface area contributed by atoms with Crippen LogP contribution < -0.4 is 9.47 Å². The molecule has 1 N–H and O–H groups in total. The van der Waals surface area contributed by atoms with Crippen LogP contribution in [0.4, 0.5) is 4.39 Å². The van der Waals surface area contributed by atoms with E-state index in [-0.39, 0.29) is 18.6 Å². The monoisotopic (exact) mass is 427 g/mol. The number of methoxy groups -OCH3 is 2. The molecule has 166 valence electrons. The van der Waals surface area contributed by atoms with Crippen molar-refractivity contribution in [2.45, 2.75) is 44.9 Å². The number of alkyl halides is 1. The standard InChI is InChI=1S/C25H30FNO4/c1-16-14-19-11-12-20(30-4)24(31-5)22(19)23(27(16)15-25(2,3)26)18-9-6-17(7-10-18)8-13-21(28)29/h6-13,16,23H,14-15H2,1-5H3,(H,28,29)/b13-8+/t16-,23-/m0/s1. The summed E-state index contributed by atoms with van der Waals surface area (Å²) in [5, 5.41) is 8.87. The van der Waals surface area contributed by atoms with E-state index in [1.165, 1.54) is 0 Å². The number of aliphatic carboxylic acids is 1. The van der Waals surface area contributed by atoms with Gasteiger partial charge in [-0.15, -0.1) is 0 Å². The van der Waals surface area contributed by atoms with Gasteiger partial charge in [0.2, 0.25) is 0 Å². The van der Waals surface area contributed by atoms with Crippen LogP contribution in [0.3, 0.4) is 0 Å². The highest BCUT2D eigenvalue weighted by Gasteiger charge is 2.39. The fraction of sp³-hybridized carbons (Fsp3) is 0.400. The Labute approximate surface area is 183 Å². The number of rotatable bonds is 7. The molecule has 0 fully saturated rings. The molecule has 31 heavy (non-hydrogen) atoms. The second-order valence-corrected chi connectivity index (χ2v) is 8.56. The van der Waals surface area contributed by atoms with Gasteiger partial charge in [-0.1, -0.05) is 30.3 Å². The zero-order chi connectivity index (χ0) is 22.8. The first-order chi connectivity index (χ1) is 14.6. The van der Waals surface area contributed by atoms with E-state index < -0.39 is 11.6 Å². The van der Waals surface area contributed by atoms with Gasteiger partial charge in [0.05, 0.1) is 20.3 Å². The van der Waals surface area contributed by atoms with E-state index in [1.54, 1.807) is 34.1 Å². The van der Waals surface area contributed by atoms with Crippen molar-refractivity contribution in [1.29, 1.82) is 0 Å². The molecule has 0 unspecified atom stereocenters. The minimum Gasteiger partial charge on any atom is -0.493 e. The van der Waals surface area contributed by atoms with Crippen molar-refractivity contribution in [3.8, 4) is 11.5 Å². The maximum Gasteiger partial charge on any atom is 0.328 e. The molecule has 0 aliphatic carbocycles. The summed E-state index contributed by atoms with van der Waals surface area (Å²) in [6.07, 6.45) is 3.44. The lowest BCUT2D eigenvalue weighted by Crippen LogP contribution is -2.47. The highest BCUT2D eigenvalue weighted by atomic mass is 19.1. The Hall–Kier alpha value is -2.86. The lowest BCUT2D eigenvalue weighted by atomic mass is 9.83. The van der Waals surface area contributed by atoms with E-state index in [4.69, 9.17) is 14.6 Å². The Morgan fingerprint density at radius 1 is 1.19 bits per heavy atom. The van der Waals surface area contributed by atoms with Crippen molar-refractivity contribution in [3.05, 3.63) is 64.7 Å². The summed E-state index contributed by atoms with van der Waals surface area (Å²) in [6, 6.07) is 11.5.